The number of carbonyl (C=O) groups excluding carboxylic acids is 1. The number of aliphatic hydroxyl groups is 1. The molecule has 2 aromatic carbocycles. The Hall–Kier alpha value is -3.44. The van der Waals surface area contributed by atoms with Crippen LogP contribution in [0.25, 0.3) is 0 Å². The zero-order chi connectivity index (χ0) is 25.8. The van der Waals surface area contributed by atoms with Gasteiger partial charge in [-0.1, -0.05) is 42.5 Å². The van der Waals surface area contributed by atoms with Gasteiger partial charge in [-0.2, -0.15) is 13.2 Å². The van der Waals surface area contributed by atoms with E-state index in [4.69, 9.17) is 0 Å². The molecule has 36 heavy (non-hydrogen) atoms. The number of benzene rings is 2. The lowest BCUT2D eigenvalue weighted by Crippen LogP contribution is -2.60. The second-order valence-corrected chi connectivity index (χ2v) is 9.70. The summed E-state index contributed by atoms with van der Waals surface area (Å²) in [6.45, 7) is -0.323. The molecule has 2 aliphatic heterocycles. The summed E-state index contributed by atoms with van der Waals surface area (Å²) in [4.78, 5) is 27.4. The van der Waals surface area contributed by atoms with Crippen molar-refractivity contribution in [2.24, 2.45) is 0 Å². The van der Waals surface area contributed by atoms with E-state index in [1.165, 1.54) is 15.9 Å². The number of aromatic hydroxyl groups is 1. The summed E-state index contributed by atoms with van der Waals surface area (Å²) in [5, 5.41) is 21.9. The molecule has 3 aromatic rings. The summed E-state index contributed by atoms with van der Waals surface area (Å²) < 4.78 is 42.7. The highest BCUT2D eigenvalue weighted by atomic mass is 32.2. The molecule has 0 bridgehead atoms. The Balaban J connectivity index is 1.81. The number of hydrogen-bond donors (Lipinski definition) is 2. The molecule has 1 aromatic heterocycles. The Kier molecular flexibility index (Phi) is 6.00. The van der Waals surface area contributed by atoms with Gasteiger partial charge < -0.3 is 15.1 Å². The fourth-order valence-electron chi connectivity index (χ4n) is 4.67. The van der Waals surface area contributed by atoms with E-state index >= 15 is 0 Å². The molecule has 2 N–H and O–H groups in total. The first-order chi connectivity index (χ1) is 17.1. The average Bonchev–Trinajstić information content (AvgIpc) is 3.02. The van der Waals surface area contributed by atoms with E-state index in [9.17, 15) is 33.0 Å². The molecule has 2 atom stereocenters. The molecule has 3 heterocycles. The number of aliphatic hydroxyl groups excluding tert-OH is 1. The molecular formula is C25H22F3N3O4S. The molecule has 188 valence electrons. The summed E-state index contributed by atoms with van der Waals surface area (Å²) >= 11 is 1.59. The van der Waals surface area contributed by atoms with Crippen molar-refractivity contribution in [3.05, 3.63) is 92.9 Å². The number of aromatic nitrogens is 1. The lowest BCUT2D eigenvalue weighted by molar-refractivity contribution is -0.173. The van der Waals surface area contributed by atoms with Crippen molar-refractivity contribution in [3.63, 3.8) is 0 Å². The quantitative estimate of drug-likeness (QED) is 0.551. The van der Waals surface area contributed by atoms with Crippen LogP contribution >= 0.6 is 11.8 Å². The van der Waals surface area contributed by atoms with Crippen LogP contribution in [-0.4, -0.2) is 44.6 Å². The number of rotatable bonds is 3. The van der Waals surface area contributed by atoms with Crippen molar-refractivity contribution in [1.82, 2.24) is 9.58 Å². The van der Waals surface area contributed by atoms with Gasteiger partial charge >= 0.3 is 6.18 Å². The average molecular weight is 518 g/mol. The van der Waals surface area contributed by atoms with Crippen molar-refractivity contribution in [2.45, 2.75) is 42.4 Å². The van der Waals surface area contributed by atoms with E-state index < -0.39 is 54.3 Å². The number of amides is 1. The second-order valence-electron chi connectivity index (χ2n) is 8.68. The SMILES string of the molecule is C[C@@H](N1CN([C@H]2c3ccccc3CSc3ccccc32)n2cc(CO)c(=O)c(O)c2C1=O)C(F)(F)F. The largest absolute Gasteiger partial charge is 0.502 e. The number of carbonyl (C=O) groups is 1. The van der Waals surface area contributed by atoms with Gasteiger partial charge in [-0.3, -0.25) is 19.3 Å². The van der Waals surface area contributed by atoms with Gasteiger partial charge in [0, 0.05) is 22.4 Å². The van der Waals surface area contributed by atoms with Crippen molar-refractivity contribution in [2.75, 3.05) is 11.7 Å². The molecule has 11 heteroatoms. The van der Waals surface area contributed by atoms with Crippen LogP contribution in [0.4, 0.5) is 13.2 Å². The Bertz CT molecular complexity index is 1360. The van der Waals surface area contributed by atoms with Crippen LogP contribution in [0.2, 0.25) is 0 Å². The molecule has 0 saturated carbocycles. The van der Waals surface area contributed by atoms with E-state index in [1.54, 1.807) is 11.8 Å². The standard InChI is InChI=1S/C25H22F3N3O4S/c1-14(25(26,27)28)29-13-31(30-10-16(11-32)22(33)23(34)21(30)24(29)35)20-17-7-3-2-6-15(17)12-36-19-9-5-4-8-18(19)20/h2-10,14,20,32,34H,11-13H2,1H3/t14-,20+/m1/s1. The summed E-state index contributed by atoms with van der Waals surface area (Å²) in [5.74, 6) is -1.50. The monoisotopic (exact) mass is 517 g/mol. The molecule has 1 amide bonds. The maximum absolute atomic E-state index is 13.8. The molecule has 2 aliphatic rings. The van der Waals surface area contributed by atoms with Crippen LogP contribution in [-0.2, 0) is 12.4 Å². The smallest absolute Gasteiger partial charge is 0.408 e. The lowest BCUT2D eigenvalue weighted by Gasteiger charge is -2.46. The van der Waals surface area contributed by atoms with Gasteiger partial charge in [0.25, 0.3) is 5.91 Å². The van der Waals surface area contributed by atoms with Crippen LogP contribution in [0.1, 0.15) is 45.7 Å². The Morgan fingerprint density at radius 2 is 1.75 bits per heavy atom. The maximum atomic E-state index is 13.8. The fourth-order valence-corrected chi connectivity index (χ4v) is 5.77. The predicted octanol–water partition coefficient (Wildman–Crippen LogP) is 3.74. The van der Waals surface area contributed by atoms with E-state index in [1.807, 2.05) is 48.5 Å². The first kappa shape index (κ1) is 24.3. The third-order valence-corrected chi connectivity index (χ3v) is 7.77. The topological polar surface area (TPSA) is 86.0 Å². The fraction of sp³-hybridized carbons (Fsp3) is 0.280. The summed E-state index contributed by atoms with van der Waals surface area (Å²) in [7, 11) is 0. The molecule has 5 rings (SSSR count). The van der Waals surface area contributed by atoms with Crippen LogP contribution in [0.5, 0.6) is 5.75 Å². The second kappa shape index (κ2) is 8.90. The van der Waals surface area contributed by atoms with Crippen LogP contribution in [0.3, 0.4) is 0 Å². The van der Waals surface area contributed by atoms with Crippen molar-refractivity contribution in [3.8, 4) is 5.75 Å². The van der Waals surface area contributed by atoms with Crippen LogP contribution in [0, 0.1) is 0 Å². The van der Waals surface area contributed by atoms with Gasteiger partial charge in [0.05, 0.1) is 12.6 Å². The van der Waals surface area contributed by atoms with Crippen LogP contribution in [0.15, 0.2) is 64.4 Å². The number of alkyl halides is 3. The number of nitrogens with zero attached hydrogens (tertiary/aromatic N) is 3. The highest BCUT2D eigenvalue weighted by Gasteiger charge is 2.47. The van der Waals surface area contributed by atoms with Gasteiger partial charge in [-0.15, -0.1) is 11.8 Å². The van der Waals surface area contributed by atoms with Crippen molar-refractivity contribution >= 4 is 17.7 Å². The van der Waals surface area contributed by atoms with Gasteiger partial charge in [0.2, 0.25) is 5.43 Å². The maximum Gasteiger partial charge on any atom is 0.408 e. The summed E-state index contributed by atoms with van der Waals surface area (Å²) in [5.41, 5.74) is 0.818. The molecular weight excluding hydrogens is 495 g/mol. The van der Waals surface area contributed by atoms with Gasteiger partial charge in [0.1, 0.15) is 12.7 Å². The van der Waals surface area contributed by atoms with Gasteiger partial charge in [-0.25, -0.2) is 0 Å². The van der Waals surface area contributed by atoms with E-state index in [-0.39, 0.29) is 5.56 Å². The van der Waals surface area contributed by atoms with E-state index in [0.29, 0.717) is 10.7 Å². The first-order valence-electron chi connectivity index (χ1n) is 11.2. The Labute approximate surface area is 208 Å². The molecule has 0 aliphatic carbocycles. The van der Waals surface area contributed by atoms with E-state index in [2.05, 4.69) is 0 Å². The minimum Gasteiger partial charge on any atom is -0.502 e. The molecule has 0 spiro atoms. The minimum atomic E-state index is -4.74. The van der Waals surface area contributed by atoms with Crippen LogP contribution < -0.4 is 10.4 Å². The number of thioether (sulfide) groups is 1. The summed E-state index contributed by atoms with van der Waals surface area (Å²) in [6, 6.07) is 12.2. The molecule has 0 radical (unpaired) electrons. The first-order valence-corrected chi connectivity index (χ1v) is 12.1. The predicted molar refractivity (Wildman–Crippen MR) is 127 cm³/mol. The third-order valence-electron chi connectivity index (χ3n) is 6.63. The highest BCUT2D eigenvalue weighted by molar-refractivity contribution is 7.98. The van der Waals surface area contributed by atoms with Gasteiger partial charge in [0.15, 0.2) is 11.4 Å². The zero-order valence-corrected chi connectivity index (χ0v) is 19.9. The highest BCUT2D eigenvalue weighted by Crippen LogP contribution is 2.43. The van der Waals surface area contributed by atoms with Gasteiger partial charge in [-0.05, 0) is 29.7 Å². The normalized spacial score (nSPS) is 18.2. The zero-order valence-electron chi connectivity index (χ0n) is 19.1. The molecule has 0 unspecified atom stereocenters. The summed E-state index contributed by atoms with van der Waals surface area (Å²) in [6.07, 6.45) is -3.52. The molecule has 7 nitrogen and oxygen atoms in total. The number of hydrogen-bond acceptors (Lipinski definition) is 6. The Morgan fingerprint density at radius 3 is 2.44 bits per heavy atom. The number of halogens is 3. The number of pyridine rings is 1. The minimum absolute atomic E-state index is 0.184. The lowest BCUT2D eigenvalue weighted by atomic mass is 9.94. The third kappa shape index (κ3) is 3.82. The van der Waals surface area contributed by atoms with E-state index in [0.717, 1.165) is 28.5 Å². The number of fused-ring (bicyclic) bond motifs is 3. The molecule has 0 saturated heterocycles. The van der Waals surface area contributed by atoms with Crippen molar-refractivity contribution in [1.29, 1.82) is 0 Å². The molecule has 0 fully saturated rings. The Morgan fingerprint density at radius 1 is 1.08 bits per heavy atom. The van der Waals surface area contributed by atoms with Crippen molar-refractivity contribution < 1.29 is 28.2 Å².